The molecule has 9 amide bonds. The third-order valence-corrected chi connectivity index (χ3v) is 20.5. The van der Waals surface area contributed by atoms with Gasteiger partial charge in [0, 0.05) is 117 Å². The van der Waals surface area contributed by atoms with Crippen molar-refractivity contribution >= 4 is 117 Å². The molecule has 8 aromatic heterocycles. The molecule has 16 rings (SSSR count). The van der Waals surface area contributed by atoms with Gasteiger partial charge in [0.15, 0.2) is 40.6 Å². The zero-order valence-electron chi connectivity index (χ0n) is 64.2. The number of aromatic nitrogens is 8. The lowest BCUT2D eigenvalue weighted by atomic mass is 9.87. The summed E-state index contributed by atoms with van der Waals surface area (Å²) in [5, 5.41) is 41.7. The average Bonchev–Trinajstić information content (AvgIpc) is 1.68. The molecule has 4 fully saturated rings. The molecule has 8 bridgehead atoms. The largest absolute Gasteiger partial charge is 0.396 e. The summed E-state index contributed by atoms with van der Waals surface area (Å²) in [5.41, 5.74) is 5.88. The van der Waals surface area contributed by atoms with Crippen LogP contribution in [0.3, 0.4) is 0 Å². The highest BCUT2D eigenvalue weighted by molar-refractivity contribution is 6.09. The van der Waals surface area contributed by atoms with Crippen molar-refractivity contribution in [1.29, 1.82) is 0 Å². The van der Waals surface area contributed by atoms with Crippen LogP contribution in [0.2, 0.25) is 0 Å². The number of hydrogen-bond donors (Lipinski definition) is 8. The van der Waals surface area contributed by atoms with Crippen molar-refractivity contribution in [3.8, 4) is 0 Å². The van der Waals surface area contributed by atoms with Crippen molar-refractivity contribution in [2.45, 2.75) is 128 Å². The van der Waals surface area contributed by atoms with Gasteiger partial charge in [0.25, 0.3) is 5.91 Å². The van der Waals surface area contributed by atoms with Gasteiger partial charge in [0.05, 0.1) is 58.6 Å². The Balaban J connectivity index is 0.000000132. The third kappa shape index (κ3) is 18.6. The first-order valence-electron chi connectivity index (χ1n) is 37.9. The Morgan fingerprint density at radius 2 is 0.761 bits per heavy atom. The zero-order valence-corrected chi connectivity index (χ0v) is 64.2. The lowest BCUT2D eigenvalue weighted by Gasteiger charge is -2.35. The lowest BCUT2D eigenvalue weighted by molar-refractivity contribution is 0.0631. The summed E-state index contributed by atoms with van der Waals surface area (Å²) in [7, 11) is 3.46. The van der Waals surface area contributed by atoms with Crippen LogP contribution in [0.25, 0.3) is 0 Å². The van der Waals surface area contributed by atoms with E-state index < -0.39 is 17.1 Å². The van der Waals surface area contributed by atoms with E-state index in [0.29, 0.717) is 76.5 Å². The van der Waals surface area contributed by atoms with E-state index in [9.17, 15) is 53.7 Å². The maximum Gasteiger partial charge on any atom is 0.329 e. The number of hydrazine groups is 1. The molecule has 0 aromatic carbocycles. The second-order valence-corrected chi connectivity index (χ2v) is 30.6. The van der Waals surface area contributed by atoms with Crippen LogP contribution in [-0.4, -0.2) is 217 Å². The number of rotatable bonds is 18. The second-order valence-electron chi connectivity index (χ2n) is 30.6. The van der Waals surface area contributed by atoms with Gasteiger partial charge >= 0.3 is 24.1 Å². The average molecular weight is 1540 g/mol. The molecule has 5 atom stereocenters. The van der Waals surface area contributed by atoms with Crippen molar-refractivity contribution in [2.24, 2.45) is 5.41 Å². The summed E-state index contributed by atoms with van der Waals surface area (Å²) in [5.74, 6) is 3.15. The fourth-order valence-corrected chi connectivity index (χ4v) is 14.8. The number of nitrogens with zero attached hydrogens (tertiary/aromatic N) is 17. The van der Waals surface area contributed by atoms with Gasteiger partial charge in [-0.1, -0.05) is 38.1 Å². The number of pyridine rings is 8. The van der Waals surface area contributed by atoms with Crippen molar-refractivity contribution in [3.05, 3.63) is 169 Å². The monoisotopic (exact) mass is 1540 g/mol. The van der Waals surface area contributed by atoms with Crippen molar-refractivity contribution < 1.29 is 53.7 Å². The van der Waals surface area contributed by atoms with Gasteiger partial charge < -0.3 is 34.9 Å². The van der Waals surface area contributed by atoms with Crippen LogP contribution in [0, 0.1) is 5.41 Å². The molecule has 0 saturated carbocycles. The Bertz CT molecular complexity index is 4810. The third-order valence-electron chi connectivity index (χ3n) is 20.5. The Labute approximate surface area is 653 Å². The van der Waals surface area contributed by atoms with E-state index in [4.69, 9.17) is 0 Å². The number of aliphatic hydroxyl groups is 3. The molecular weight excluding hydrogens is 1450 g/mol. The number of hydrogen-bond acceptors (Lipinski definition) is 24. The van der Waals surface area contributed by atoms with Crippen LogP contribution in [0.5, 0.6) is 0 Å². The number of fused-ring (bicyclic) bond motifs is 16. The van der Waals surface area contributed by atoms with Gasteiger partial charge in [-0.3, -0.25) is 65.5 Å². The molecule has 0 radical (unpaired) electrons. The number of ketones is 3. The molecule has 33 heteroatoms. The molecule has 4 saturated heterocycles. The van der Waals surface area contributed by atoms with Gasteiger partial charge in [0.2, 0.25) is 0 Å². The normalized spacial score (nSPS) is 18.0. The number of carbonyl (C=O) groups excluding carboxylic acids is 8. The molecule has 8 aliphatic rings. The topological polar surface area (TPSA) is 390 Å². The highest BCUT2D eigenvalue weighted by Crippen LogP contribution is 2.44. The summed E-state index contributed by atoms with van der Waals surface area (Å²) in [6.45, 7) is 15.0. The van der Waals surface area contributed by atoms with E-state index in [1.807, 2.05) is 56.3 Å². The molecule has 113 heavy (non-hydrogen) atoms. The van der Waals surface area contributed by atoms with E-state index in [1.54, 1.807) is 163 Å². The van der Waals surface area contributed by atoms with Crippen LogP contribution in [0.4, 0.5) is 88.5 Å². The van der Waals surface area contributed by atoms with Gasteiger partial charge in [-0.15, -0.1) is 0 Å². The SMILES string of the molecule is CC(C)(CO)CC(=O)c1ccc2c(n1)N(C(=O)Nc1ccccn1)[C@H]1CCN2C1.CC(C)(O)CCC(=O)c1ccc2c(n1)N(C(=O)Nc1ccccn1)[C@H]1CCN2C1.CN(C)NC(=O)c1ccc2c(n1)N(C(=O)Nc1ccccn1)[C@H]1CCN2C1.C[C@@H](O)CCC(=O)c1ccc2c(n1)N(C(=O)Nc1ccccn1)[C@H]1CCN2C1. The number of nitrogens with one attached hydrogen (secondary N) is 5. The molecule has 8 aromatic rings. The lowest BCUT2D eigenvalue weighted by Crippen LogP contribution is -2.48. The van der Waals surface area contributed by atoms with Crippen LogP contribution in [0.1, 0.15) is 134 Å². The fourth-order valence-electron chi connectivity index (χ4n) is 14.8. The molecule has 8 N–H and O–H groups in total. The standard InChI is InChI=1S/2C21H25N5O3.C20H23N5O3.C18H21N7O2/c1-21(2,29)10-8-17(27)15-6-7-16-19(23-15)26(14-9-12-25(16)13-14)20(28)24-18-5-3-4-11-22-18;1-21(2,13-27)11-17(28)15-6-7-16-19(23-15)26(14-8-10-25(16)12-14)20(29)24-18-5-3-4-9-22-18;1-13(26)5-8-17(27)15-6-7-16-19(22-15)25(14-9-11-24(16)12-14)20(28)23-18-4-2-3-10-21-18;1-23(2)22-17(26)13-6-7-14-16(20-13)25(12-8-10-24(14)11-12)18(27)21-15-5-3-4-9-19-15/h3-7,11,14,29H,8-10,12-13H2,1-2H3,(H,22,24,28);3-7,9,14,27H,8,10-13H2,1-2H3,(H,22,24,29);2-4,6-7,10,13-14,26H,5,8-9,11-12H2,1H3,(H,21,23,28);3-7,9,12H,8,10-11H2,1-2H3,(H,22,26)(H,19,21,27)/t2*14-;13-,14+;12-/m0010/s1. The Hall–Kier alpha value is -12.2. The number of Topliss-reactive ketones (excluding diaryl/α,β-unsaturated/α-hetero) is 3. The molecule has 16 heterocycles. The molecule has 8 aliphatic heterocycles. The summed E-state index contributed by atoms with van der Waals surface area (Å²) in [6, 6.07) is 34.4. The highest BCUT2D eigenvalue weighted by Gasteiger charge is 2.45. The predicted octanol–water partition coefficient (Wildman–Crippen LogP) is 9.30. The smallest absolute Gasteiger partial charge is 0.329 e. The number of amides is 9. The Kier molecular flexibility index (Phi) is 23.9. The van der Waals surface area contributed by atoms with Crippen molar-refractivity contribution in [1.82, 2.24) is 50.3 Å². The first-order valence-corrected chi connectivity index (χ1v) is 37.9. The van der Waals surface area contributed by atoms with Crippen LogP contribution in [-0.2, 0) is 0 Å². The maximum atomic E-state index is 13.1. The zero-order chi connectivity index (χ0) is 79.8. The number of aliphatic hydroxyl groups excluding tert-OH is 2. The van der Waals surface area contributed by atoms with E-state index >= 15 is 0 Å². The maximum absolute atomic E-state index is 13.1. The van der Waals surface area contributed by atoms with E-state index in [0.717, 1.165) is 101 Å². The van der Waals surface area contributed by atoms with Gasteiger partial charge in [0.1, 0.15) is 46.0 Å². The van der Waals surface area contributed by atoms with E-state index in [1.165, 1.54) is 0 Å². The molecule has 590 valence electrons. The summed E-state index contributed by atoms with van der Waals surface area (Å²) in [4.78, 5) is 153. The predicted molar refractivity (Wildman–Crippen MR) is 428 cm³/mol. The minimum atomic E-state index is -0.913. The molecule has 33 nitrogen and oxygen atoms in total. The first-order chi connectivity index (χ1) is 54.2. The van der Waals surface area contributed by atoms with Crippen molar-refractivity contribution in [2.75, 3.05) is 134 Å². The minimum absolute atomic E-state index is 0.000407. The quantitative estimate of drug-likeness (QED) is 0.0293. The highest BCUT2D eigenvalue weighted by atomic mass is 16.3. The summed E-state index contributed by atoms with van der Waals surface area (Å²) >= 11 is 0. The van der Waals surface area contributed by atoms with E-state index in [-0.39, 0.29) is 103 Å². The first kappa shape index (κ1) is 78.9. The number of anilines is 12. The van der Waals surface area contributed by atoms with Gasteiger partial charge in [-0.05, 0) is 162 Å². The molecule has 0 spiro atoms. The molecule has 0 aliphatic carbocycles. The summed E-state index contributed by atoms with van der Waals surface area (Å²) in [6.07, 6.45) is 10.7. The van der Waals surface area contributed by atoms with Gasteiger partial charge in [-0.2, -0.15) is 0 Å². The van der Waals surface area contributed by atoms with Crippen LogP contribution >= 0.6 is 0 Å². The summed E-state index contributed by atoms with van der Waals surface area (Å²) < 4.78 is 0. The Morgan fingerprint density at radius 1 is 0.451 bits per heavy atom. The van der Waals surface area contributed by atoms with Crippen LogP contribution < -0.4 is 65.9 Å². The van der Waals surface area contributed by atoms with Crippen LogP contribution in [0.15, 0.2) is 146 Å². The fraction of sp³-hybridized carbons (Fsp3) is 0.400. The Morgan fingerprint density at radius 3 is 1.05 bits per heavy atom. The van der Waals surface area contributed by atoms with Gasteiger partial charge in [-0.25, -0.2) is 64.1 Å². The molecular formula is C80H94N22O11. The molecule has 0 unspecified atom stereocenters. The number of carbonyl (C=O) groups is 8. The van der Waals surface area contributed by atoms with E-state index in [2.05, 4.69) is 86.2 Å². The number of urea groups is 4. The minimum Gasteiger partial charge on any atom is -0.396 e. The van der Waals surface area contributed by atoms with Crippen molar-refractivity contribution in [3.63, 3.8) is 0 Å². The second kappa shape index (κ2) is 34.2.